The molecule has 27 heavy (non-hydrogen) atoms. The molecule has 0 spiro atoms. The van der Waals surface area contributed by atoms with E-state index in [9.17, 15) is 9.59 Å². The van der Waals surface area contributed by atoms with Crippen LogP contribution in [0.1, 0.15) is 37.9 Å². The molecular formula is C17H20ClN5O4. The van der Waals surface area contributed by atoms with E-state index in [4.69, 9.17) is 20.9 Å². The zero-order valence-electron chi connectivity index (χ0n) is 15.0. The van der Waals surface area contributed by atoms with Crippen molar-refractivity contribution in [3.63, 3.8) is 0 Å². The average molecular weight is 394 g/mol. The maximum Gasteiger partial charge on any atom is 0.319 e. The summed E-state index contributed by atoms with van der Waals surface area (Å²) in [7, 11) is 0. The van der Waals surface area contributed by atoms with Crippen molar-refractivity contribution in [1.82, 2.24) is 15.5 Å². The number of ether oxygens (including phenoxy) is 1. The molecule has 1 aromatic carbocycles. The molecule has 2 heterocycles. The molecule has 0 saturated heterocycles. The predicted octanol–water partition coefficient (Wildman–Crippen LogP) is 2.93. The van der Waals surface area contributed by atoms with Gasteiger partial charge in [0.15, 0.2) is 12.4 Å². The Morgan fingerprint density at radius 1 is 1.41 bits per heavy atom. The van der Waals surface area contributed by atoms with Crippen LogP contribution in [0.2, 0.25) is 5.02 Å². The van der Waals surface area contributed by atoms with Gasteiger partial charge in [-0.3, -0.25) is 4.79 Å². The maximum atomic E-state index is 12.0. The molecule has 0 atom stereocenters. The molecule has 1 aromatic heterocycles. The first kappa shape index (κ1) is 19.0. The molecule has 0 aliphatic carbocycles. The molecule has 2 aromatic rings. The highest BCUT2D eigenvalue weighted by molar-refractivity contribution is 6.34. The molecule has 144 valence electrons. The summed E-state index contributed by atoms with van der Waals surface area (Å²) in [5.74, 6) is 1.64. The number of amides is 3. The molecule has 0 bridgehead atoms. The van der Waals surface area contributed by atoms with Gasteiger partial charge < -0.3 is 25.2 Å². The third-order valence-corrected chi connectivity index (χ3v) is 4.12. The first-order valence-electron chi connectivity index (χ1n) is 8.56. The maximum absolute atomic E-state index is 12.0. The highest BCUT2D eigenvalue weighted by Crippen LogP contribution is 2.36. The van der Waals surface area contributed by atoms with Crippen LogP contribution in [0.15, 0.2) is 16.7 Å². The fourth-order valence-electron chi connectivity index (χ4n) is 2.41. The molecule has 3 amide bonds. The Kier molecular flexibility index (Phi) is 5.80. The highest BCUT2D eigenvalue weighted by Gasteiger charge is 2.19. The van der Waals surface area contributed by atoms with Gasteiger partial charge in [0.2, 0.25) is 5.89 Å². The summed E-state index contributed by atoms with van der Waals surface area (Å²) < 4.78 is 10.5. The topological polar surface area (TPSA) is 118 Å². The monoisotopic (exact) mass is 393 g/mol. The fraction of sp³-hybridized carbons (Fsp3) is 0.412. The Balaban J connectivity index is 1.47. The second kappa shape index (κ2) is 8.26. The van der Waals surface area contributed by atoms with E-state index in [1.165, 1.54) is 6.07 Å². The number of carbonyl (C=O) groups is 2. The quantitative estimate of drug-likeness (QED) is 0.649. The lowest BCUT2D eigenvalue weighted by molar-refractivity contribution is -0.118. The number of hydrogen-bond acceptors (Lipinski definition) is 6. The minimum absolute atomic E-state index is 0.0749. The second-order valence-corrected chi connectivity index (χ2v) is 6.76. The van der Waals surface area contributed by atoms with Gasteiger partial charge in [0.05, 0.1) is 16.4 Å². The Morgan fingerprint density at radius 3 is 2.96 bits per heavy atom. The van der Waals surface area contributed by atoms with Gasteiger partial charge in [-0.1, -0.05) is 30.6 Å². The van der Waals surface area contributed by atoms with Crippen LogP contribution in [0.3, 0.4) is 0 Å². The van der Waals surface area contributed by atoms with Crippen molar-refractivity contribution in [3.05, 3.63) is 28.9 Å². The number of rotatable bonds is 6. The molecule has 1 aliphatic rings. The van der Waals surface area contributed by atoms with Crippen LogP contribution in [0.25, 0.3) is 0 Å². The summed E-state index contributed by atoms with van der Waals surface area (Å²) in [5.41, 5.74) is 0.866. The lowest BCUT2D eigenvalue weighted by Crippen LogP contribution is -2.30. The Bertz CT molecular complexity index is 852. The molecular weight excluding hydrogens is 374 g/mol. The summed E-state index contributed by atoms with van der Waals surface area (Å²) in [4.78, 5) is 27.6. The molecule has 9 nitrogen and oxygen atoms in total. The first-order chi connectivity index (χ1) is 12.9. The number of fused-ring (bicyclic) bond motifs is 1. The van der Waals surface area contributed by atoms with E-state index in [0.717, 1.165) is 0 Å². The summed E-state index contributed by atoms with van der Waals surface area (Å²) >= 11 is 6.15. The lowest BCUT2D eigenvalue weighted by atomic mass is 10.2. The smallest absolute Gasteiger partial charge is 0.319 e. The van der Waals surface area contributed by atoms with Crippen molar-refractivity contribution in [2.24, 2.45) is 0 Å². The third-order valence-electron chi connectivity index (χ3n) is 3.80. The number of carbonyl (C=O) groups excluding carboxylic acids is 2. The summed E-state index contributed by atoms with van der Waals surface area (Å²) in [6.07, 6.45) is 1.23. The van der Waals surface area contributed by atoms with E-state index in [-0.39, 0.29) is 18.4 Å². The van der Waals surface area contributed by atoms with Gasteiger partial charge in [-0.25, -0.2) is 4.79 Å². The number of hydrogen-bond donors (Lipinski definition) is 3. The van der Waals surface area contributed by atoms with Crippen LogP contribution < -0.4 is 20.7 Å². The van der Waals surface area contributed by atoms with Gasteiger partial charge in [-0.15, -0.1) is 0 Å². The van der Waals surface area contributed by atoms with Crippen molar-refractivity contribution < 1.29 is 18.8 Å². The van der Waals surface area contributed by atoms with Crippen molar-refractivity contribution in [1.29, 1.82) is 0 Å². The van der Waals surface area contributed by atoms with Crippen molar-refractivity contribution >= 4 is 34.9 Å². The second-order valence-electron chi connectivity index (χ2n) is 6.35. The number of aryl methyl sites for hydroxylation is 1. The molecule has 0 saturated carbocycles. The number of nitrogens with zero attached hydrogens (tertiary/aromatic N) is 2. The Morgan fingerprint density at radius 2 is 2.22 bits per heavy atom. The lowest BCUT2D eigenvalue weighted by Gasteiger charge is -2.19. The predicted molar refractivity (Wildman–Crippen MR) is 99.3 cm³/mol. The van der Waals surface area contributed by atoms with Gasteiger partial charge >= 0.3 is 6.03 Å². The summed E-state index contributed by atoms with van der Waals surface area (Å²) in [6.45, 7) is 4.34. The summed E-state index contributed by atoms with van der Waals surface area (Å²) in [5, 5.41) is 12.2. The van der Waals surface area contributed by atoms with E-state index >= 15 is 0 Å². The zero-order chi connectivity index (χ0) is 19.4. The van der Waals surface area contributed by atoms with Gasteiger partial charge in [0, 0.05) is 24.9 Å². The van der Waals surface area contributed by atoms with Crippen LogP contribution in [0.5, 0.6) is 5.75 Å². The number of anilines is 2. The first-order valence-corrected chi connectivity index (χ1v) is 8.93. The number of aromatic nitrogens is 2. The van der Waals surface area contributed by atoms with Crippen molar-refractivity contribution in [2.75, 3.05) is 23.8 Å². The number of halogens is 1. The zero-order valence-corrected chi connectivity index (χ0v) is 15.7. The Hall–Kier alpha value is -2.81. The van der Waals surface area contributed by atoms with E-state index in [1.807, 2.05) is 13.8 Å². The van der Waals surface area contributed by atoms with Gasteiger partial charge in [0.1, 0.15) is 5.75 Å². The van der Waals surface area contributed by atoms with Crippen molar-refractivity contribution in [2.45, 2.75) is 32.6 Å². The van der Waals surface area contributed by atoms with E-state index in [1.54, 1.807) is 6.07 Å². The van der Waals surface area contributed by atoms with Gasteiger partial charge in [0.25, 0.3) is 5.91 Å². The minimum atomic E-state index is -0.398. The number of benzene rings is 1. The Labute approximate surface area is 160 Å². The molecule has 0 radical (unpaired) electrons. The van der Waals surface area contributed by atoms with Gasteiger partial charge in [-0.2, -0.15) is 4.98 Å². The largest absolute Gasteiger partial charge is 0.482 e. The van der Waals surface area contributed by atoms with E-state index in [2.05, 4.69) is 26.1 Å². The molecule has 0 unspecified atom stereocenters. The van der Waals surface area contributed by atoms with Crippen LogP contribution in [-0.2, 0) is 11.2 Å². The fourth-order valence-corrected chi connectivity index (χ4v) is 2.62. The molecule has 1 aliphatic heterocycles. The standard InChI is InChI=1S/C17H20ClN5O4/c1-9(2)16-22-15(27-23-16)4-3-5-19-17(25)21-11-7-13-12(6-10(11)18)20-14(24)8-26-13/h6-7,9H,3-5,8H2,1-2H3,(H,20,24)(H2,19,21,25). The van der Waals surface area contributed by atoms with Crippen LogP contribution >= 0.6 is 11.6 Å². The normalized spacial score (nSPS) is 13.0. The van der Waals surface area contributed by atoms with Crippen LogP contribution in [0, 0.1) is 0 Å². The van der Waals surface area contributed by atoms with E-state index in [0.29, 0.717) is 53.2 Å². The number of nitrogens with one attached hydrogen (secondary N) is 3. The average Bonchev–Trinajstić information content (AvgIpc) is 3.09. The van der Waals surface area contributed by atoms with Crippen LogP contribution in [0.4, 0.5) is 16.2 Å². The molecule has 3 N–H and O–H groups in total. The SMILES string of the molecule is CC(C)c1noc(CCCNC(=O)Nc2cc3c(cc2Cl)NC(=O)CO3)n1. The highest BCUT2D eigenvalue weighted by atomic mass is 35.5. The van der Waals surface area contributed by atoms with E-state index < -0.39 is 6.03 Å². The minimum Gasteiger partial charge on any atom is -0.482 e. The molecule has 0 fully saturated rings. The van der Waals surface area contributed by atoms with Gasteiger partial charge in [-0.05, 0) is 12.5 Å². The van der Waals surface area contributed by atoms with Crippen molar-refractivity contribution in [3.8, 4) is 5.75 Å². The summed E-state index contributed by atoms with van der Waals surface area (Å²) in [6, 6.07) is 2.71. The molecule has 3 rings (SSSR count). The third kappa shape index (κ3) is 4.88. The molecule has 10 heteroatoms. The van der Waals surface area contributed by atoms with Crippen LogP contribution in [-0.4, -0.2) is 35.2 Å². The number of urea groups is 1.